The summed E-state index contributed by atoms with van der Waals surface area (Å²) < 4.78 is 19.5. The van der Waals surface area contributed by atoms with Gasteiger partial charge in [0.2, 0.25) is 6.79 Å². The molecule has 0 bridgehead atoms. The molecule has 0 saturated carbocycles. The standard InChI is InChI=1S/C34H23N5O3/c1-39-19-38-18-31(39)34(37,27-8-5-21(16-35)6-9-27)32-15-26-11-22(17-36)12-28(33(26)42-32)25-4-2-3-23(13-25)24-7-10-29-30(14-24)41-20-40-29/h2-15,18-19H,20,37H2,1H3. The van der Waals surface area contributed by atoms with Crippen molar-refractivity contribution >= 4 is 11.0 Å². The minimum Gasteiger partial charge on any atom is -0.458 e. The first-order valence-corrected chi connectivity index (χ1v) is 13.2. The summed E-state index contributed by atoms with van der Waals surface area (Å²) in [6.07, 6.45) is 3.39. The number of aryl methyl sites for hydroxylation is 1. The lowest BCUT2D eigenvalue weighted by atomic mass is 9.84. The number of imidazole rings is 1. The molecule has 0 fully saturated rings. The Morgan fingerprint density at radius 2 is 1.60 bits per heavy atom. The lowest BCUT2D eigenvalue weighted by Crippen LogP contribution is -2.40. The maximum Gasteiger partial charge on any atom is 0.231 e. The Hall–Kier alpha value is -5.83. The zero-order valence-corrected chi connectivity index (χ0v) is 22.5. The molecule has 1 unspecified atom stereocenters. The zero-order chi connectivity index (χ0) is 28.8. The second kappa shape index (κ2) is 9.67. The number of fused-ring (bicyclic) bond motifs is 2. The summed E-state index contributed by atoms with van der Waals surface area (Å²) >= 11 is 0. The molecule has 7 rings (SSSR count). The van der Waals surface area contributed by atoms with E-state index in [0.29, 0.717) is 33.9 Å². The lowest BCUT2D eigenvalue weighted by Gasteiger charge is -2.28. The molecular weight excluding hydrogens is 526 g/mol. The third-order valence-electron chi connectivity index (χ3n) is 7.70. The van der Waals surface area contributed by atoms with Crippen LogP contribution in [0.3, 0.4) is 0 Å². The number of ether oxygens (including phenoxy) is 2. The van der Waals surface area contributed by atoms with Crippen molar-refractivity contribution in [3.05, 3.63) is 126 Å². The van der Waals surface area contributed by atoms with Gasteiger partial charge in [-0.15, -0.1) is 0 Å². The first-order chi connectivity index (χ1) is 20.5. The highest BCUT2D eigenvalue weighted by Crippen LogP contribution is 2.42. The molecule has 0 saturated heterocycles. The molecule has 0 aliphatic carbocycles. The van der Waals surface area contributed by atoms with Crippen LogP contribution in [0.5, 0.6) is 11.5 Å². The average molecular weight is 550 g/mol. The van der Waals surface area contributed by atoms with Gasteiger partial charge in [-0.2, -0.15) is 10.5 Å². The van der Waals surface area contributed by atoms with E-state index in [1.807, 2.05) is 72.3 Å². The second-order valence-corrected chi connectivity index (χ2v) is 10.2. The van der Waals surface area contributed by atoms with Gasteiger partial charge in [0.25, 0.3) is 0 Å². The third kappa shape index (κ3) is 3.98. The number of benzene rings is 4. The van der Waals surface area contributed by atoms with Crippen LogP contribution in [0.2, 0.25) is 0 Å². The van der Waals surface area contributed by atoms with Crippen LogP contribution in [0.4, 0.5) is 0 Å². The van der Waals surface area contributed by atoms with Gasteiger partial charge in [0.15, 0.2) is 11.5 Å². The summed E-state index contributed by atoms with van der Waals surface area (Å²) in [4.78, 5) is 4.31. The van der Waals surface area contributed by atoms with E-state index in [9.17, 15) is 10.5 Å². The van der Waals surface area contributed by atoms with Crippen LogP contribution < -0.4 is 15.2 Å². The van der Waals surface area contributed by atoms with Crippen LogP contribution in [0.15, 0.2) is 102 Å². The van der Waals surface area contributed by atoms with Crippen molar-refractivity contribution in [3.8, 4) is 45.9 Å². The number of rotatable bonds is 5. The van der Waals surface area contributed by atoms with Gasteiger partial charge in [-0.05, 0) is 70.8 Å². The van der Waals surface area contributed by atoms with Crippen molar-refractivity contribution in [2.75, 3.05) is 6.79 Å². The van der Waals surface area contributed by atoms with Gasteiger partial charge in [0, 0.05) is 18.0 Å². The van der Waals surface area contributed by atoms with Crippen LogP contribution in [-0.4, -0.2) is 16.3 Å². The van der Waals surface area contributed by atoms with Crippen molar-refractivity contribution in [1.29, 1.82) is 10.5 Å². The minimum absolute atomic E-state index is 0.211. The van der Waals surface area contributed by atoms with E-state index in [0.717, 1.165) is 39.0 Å². The zero-order valence-electron chi connectivity index (χ0n) is 22.5. The summed E-state index contributed by atoms with van der Waals surface area (Å²) in [6.45, 7) is 0.211. The van der Waals surface area contributed by atoms with Crippen molar-refractivity contribution in [2.45, 2.75) is 5.54 Å². The van der Waals surface area contributed by atoms with Crippen molar-refractivity contribution in [1.82, 2.24) is 9.55 Å². The molecule has 6 aromatic rings. The molecule has 1 aliphatic rings. The van der Waals surface area contributed by atoms with E-state index >= 15 is 0 Å². The highest BCUT2D eigenvalue weighted by Gasteiger charge is 2.38. The molecule has 202 valence electrons. The second-order valence-electron chi connectivity index (χ2n) is 10.2. The van der Waals surface area contributed by atoms with E-state index < -0.39 is 5.54 Å². The molecule has 2 aromatic heterocycles. The fourth-order valence-electron chi connectivity index (χ4n) is 5.53. The monoisotopic (exact) mass is 549 g/mol. The van der Waals surface area contributed by atoms with Gasteiger partial charge in [0.1, 0.15) is 16.9 Å². The maximum atomic E-state index is 9.90. The van der Waals surface area contributed by atoms with E-state index in [4.69, 9.17) is 19.6 Å². The van der Waals surface area contributed by atoms with Crippen LogP contribution in [0, 0.1) is 22.7 Å². The lowest BCUT2D eigenvalue weighted by molar-refractivity contribution is 0.174. The topological polar surface area (TPSA) is 123 Å². The van der Waals surface area contributed by atoms with Crippen LogP contribution in [-0.2, 0) is 12.6 Å². The molecule has 8 nitrogen and oxygen atoms in total. The Morgan fingerprint density at radius 3 is 2.36 bits per heavy atom. The number of hydrogen-bond donors (Lipinski definition) is 1. The molecule has 0 spiro atoms. The summed E-state index contributed by atoms with van der Waals surface area (Å²) in [6, 6.07) is 31.0. The highest BCUT2D eigenvalue weighted by molar-refractivity contribution is 5.95. The third-order valence-corrected chi connectivity index (χ3v) is 7.70. The van der Waals surface area contributed by atoms with E-state index in [1.165, 1.54) is 0 Å². The molecule has 42 heavy (non-hydrogen) atoms. The molecule has 3 heterocycles. The molecule has 2 N–H and O–H groups in total. The quantitative estimate of drug-likeness (QED) is 0.271. The minimum atomic E-state index is -1.23. The van der Waals surface area contributed by atoms with Crippen LogP contribution in [0.25, 0.3) is 33.2 Å². The summed E-state index contributed by atoms with van der Waals surface area (Å²) in [7, 11) is 1.87. The molecule has 1 atom stereocenters. The Labute approximate surface area is 241 Å². The fourth-order valence-corrected chi connectivity index (χ4v) is 5.53. The maximum absolute atomic E-state index is 9.90. The SMILES string of the molecule is Cn1cncc1C(N)(c1ccc(C#N)cc1)c1cc2cc(C#N)cc(-c3cccc(-c4ccc5c(c4)OCO5)c3)c2o1. The first-order valence-electron chi connectivity index (χ1n) is 13.2. The normalized spacial score (nSPS) is 13.4. The van der Waals surface area contributed by atoms with Crippen molar-refractivity contribution in [2.24, 2.45) is 12.8 Å². The number of nitrogens with zero attached hydrogens (tertiary/aromatic N) is 4. The number of furan rings is 1. The number of aromatic nitrogens is 2. The van der Waals surface area contributed by atoms with Crippen LogP contribution >= 0.6 is 0 Å². The van der Waals surface area contributed by atoms with Gasteiger partial charge >= 0.3 is 0 Å². The van der Waals surface area contributed by atoms with E-state index in [1.54, 1.807) is 30.7 Å². The Morgan fingerprint density at radius 1 is 0.833 bits per heavy atom. The molecule has 1 aliphatic heterocycles. The highest BCUT2D eigenvalue weighted by atomic mass is 16.7. The molecule has 0 radical (unpaired) electrons. The predicted molar refractivity (Wildman–Crippen MR) is 156 cm³/mol. The van der Waals surface area contributed by atoms with Gasteiger partial charge in [-0.3, -0.25) is 0 Å². The van der Waals surface area contributed by atoms with Crippen molar-refractivity contribution in [3.63, 3.8) is 0 Å². The number of hydrogen-bond acceptors (Lipinski definition) is 7. The van der Waals surface area contributed by atoms with E-state index in [2.05, 4.69) is 23.2 Å². The predicted octanol–water partition coefficient (Wildman–Crippen LogP) is 6.22. The largest absolute Gasteiger partial charge is 0.458 e. The van der Waals surface area contributed by atoms with Crippen molar-refractivity contribution < 1.29 is 13.9 Å². The first kappa shape index (κ1) is 25.2. The Balaban J connectivity index is 1.41. The molecule has 8 heteroatoms. The smallest absolute Gasteiger partial charge is 0.231 e. The van der Waals surface area contributed by atoms with E-state index in [-0.39, 0.29) is 6.79 Å². The molecular formula is C34H23N5O3. The Kier molecular flexibility index (Phi) is 5.79. The van der Waals surface area contributed by atoms with Crippen LogP contribution in [0.1, 0.15) is 28.1 Å². The summed E-state index contributed by atoms with van der Waals surface area (Å²) in [5.41, 5.74) is 12.7. The molecule has 0 amide bonds. The number of nitriles is 2. The van der Waals surface area contributed by atoms with Gasteiger partial charge in [0.05, 0.1) is 41.5 Å². The molecule has 4 aromatic carbocycles. The average Bonchev–Trinajstić information content (AvgIpc) is 3.79. The Bertz CT molecular complexity index is 2080. The van der Waals surface area contributed by atoms with Gasteiger partial charge in [-0.1, -0.05) is 36.4 Å². The summed E-state index contributed by atoms with van der Waals surface area (Å²) in [5.74, 6) is 1.91. The van der Waals surface area contributed by atoms with Gasteiger partial charge < -0.3 is 24.2 Å². The fraction of sp³-hybridized carbons (Fsp3) is 0.0882. The number of nitrogens with two attached hydrogens (primary N) is 1. The summed E-state index contributed by atoms with van der Waals surface area (Å²) in [5, 5.41) is 20.0. The van der Waals surface area contributed by atoms with Gasteiger partial charge in [-0.25, -0.2) is 4.98 Å².